The van der Waals surface area contributed by atoms with Gasteiger partial charge in [-0.25, -0.2) is 4.79 Å². The first-order chi connectivity index (χ1) is 5.65. The number of phenolic OH excluding ortho intramolecular Hbond substituents is 1. The van der Waals surface area contributed by atoms with E-state index in [1.807, 2.05) is 0 Å². The first-order valence-electron chi connectivity index (χ1n) is 3.25. The zero-order valence-electron chi connectivity index (χ0n) is 8.44. The summed E-state index contributed by atoms with van der Waals surface area (Å²) in [7, 11) is 1.29. The first kappa shape index (κ1) is 12.8. The van der Waals surface area contributed by atoms with Crippen molar-refractivity contribution in [3.05, 3.63) is 23.8 Å². The van der Waals surface area contributed by atoms with Crippen LogP contribution in [0.15, 0.2) is 23.1 Å². The summed E-state index contributed by atoms with van der Waals surface area (Å²) < 4.78 is 4.46. The van der Waals surface area contributed by atoms with Gasteiger partial charge in [0.2, 0.25) is 0 Å². The quantitative estimate of drug-likeness (QED) is 0.338. The second-order valence-corrected chi connectivity index (χ2v) is 2.68. The Labute approximate surface area is 105 Å². The van der Waals surface area contributed by atoms with Crippen molar-refractivity contribution in [3.63, 3.8) is 0 Å². The van der Waals surface area contributed by atoms with Crippen LogP contribution in [0.5, 0.6) is 5.75 Å². The molecule has 0 radical (unpaired) electrons. The van der Waals surface area contributed by atoms with Crippen LogP contribution in [0.2, 0.25) is 0 Å². The van der Waals surface area contributed by atoms with Crippen molar-refractivity contribution in [2.45, 2.75) is 4.90 Å². The summed E-state index contributed by atoms with van der Waals surface area (Å²) in [5.41, 5.74) is 0.313. The summed E-state index contributed by atoms with van der Waals surface area (Å²) in [5.74, 6) is -0.500. The summed E-state index contributed by atoms with van der Waals surface area (Å²) in [5, 5.41) is 9.16. The Kier molecular flexibility index (Phi) is 5.48. The van der Waals surface area contributed by atoms with E-state index >= 15 is 0 Å². The van der Waals surface area contributed by atoms with Crippen molar-refractivity contribution in [2.75, 3.05) is 7.11 Å². The van der Waals surface area contributed by atoms with E-state index in [-0.39, 0.29) is 36.7 Å². The van der Waals surface area contributed by atoms with Crippen LogP contribution in [0.25, 0.3) is 0 Å². The molecule has 0 aliphatic carbocycles. The van der Waals surface area contributed by atoms with Crippen LogP contribution < -0.4 is 29.6 Å². The van der Waals surface area contributed by atoms with Crippen molar-refractivity contribution in [3.8, 4) is 5.75 Å². The number of carbonyl (C=O) groups is 1. The van der Waals surface area contributed by atoms with Gasteiger partial charge in [-0.15, -0.1) is 12.6 Å². The number of methoxy groups -OCH3 is 1. The van der Waals surface area contributed by atoms with E-state index in [4.69, 9.17) is 5.11 Å². The molecule has 0 saturated carbocycles. The van der Waals surface area contributed by atoms with Crippen molar-refractivity contribution in [2.24, 2.45) is 0 Å². The van der Waals surface area contributed by atoms with E-state index in [1.54, 1.807) is 0 Å². The van der Waals surface area contributed by atoms with Gasteiger partial charge in [0, 0.05) is 4.90 Å². The van der Waals surface area contributed by atoms with Crippen LogP contribution in [0.1, 0.15) is 11.8 Å². The van der Waals surface area contributed by atoms with E-state index in [0.717, 1.165) is 0 Å². The zero-order chi connectivity index (χ0) is 9.14. The van der Waals surface area contributed by atoms with Gasteiger partial charge < -0.3 is 11.3 Å². The summed E-state index contributed by atoms with van der Waals surface area (Å²) >= 11 is 3.94. The Morgan fingerprint density at radius 3 is 2.69 bits per heavy atom. The number of phenols is 1. The van der Waals surface area contributed by atoms with Crippen LogP contribution >= 0.6 is 12.6 Å². The van der Waals surface area contributed by atoms with E-state index in [2.05, 4.69) is 17.4 Å². The summed E-state index contributed by atoms with van der Waals surface area (Å²) in [6, 6.07) is 4.38. The molecule has 0 bridgehead atoms. The largest absolute Gasteiger partial charge is 1.00 e. The smallest absolute Gasteiger partial charge is 1.00 e. The van der Waals surface area contributed by atoms with Gasteiger partial charge in [0.1, 0.15) is 5.75 Å². The van der Waals surface area contributed by atoms with Crippen molar-refractivity contribution in [1.29, 1.82) is 0 Å². The van der Waals surface area contributed by atoms with E-state index < -0.39 is 5.97 Å². The number of hydrogen-bond donors (Lipinski definition) is 2. The second kappa shape index (κ2) is 5.54. The van der Waals surface area contributed by atoms with Crippen LogP contribution in [-0.4, -0.2) is 18.2 Å². The molecule has 0 fully saturated rings. The fraction of sp³-hybridized carbons (Fsp3) is 0.125. The molecule has 3 nitrogen and oxygen atoms in total. The average molecular weight is 208 g/mol. The minimum atomic E-state index is -0.473. The minimum Gasteiger partial charge on any atom is -1.00 e. The molecule has 0 atom stereocenters. The summed E-state index contributed by atoms with van der Waals surface area (Å²) in [6.07, 6.45) is 0. The van der Waals surface area contributed by atoms with Crippen molar-refractivity contribution >= 4 is 18.6 Å². The molecule has 0 saturated heterocycles. The molecular weight excluding hydrogens is 199 g/mol. The van der Waals surface area contributed by atoms with E-state index in [0.29, 0.717) is 10.5 Å². The van der Waals surface area contributed by atoms with Gasteiger partial charge in [0.25, 0.3) is 0 Å². The van der Waals surface area contributed by atoms with Crippen LogP contribution in [0.3, 0.4) is 0 Å². The Hall–Kier alpha value is -0.160. The molecule has 66 valence electrons. The third-order valence-electron chi connectivity index (χ3n) is 1.40. The number of hydrogen-bond acceptors (Lipinski definition) is 4. The molecule has 0 spiro atoms. The summed E-state index contributed by atoms with van der Waals surface area (Å²) in [6.45, 7) is 0. The van der Waals surface area contributed by atoms with Gasteiger partial charge in [0.05, 0.1) is 12.7 Å². The van der Waals surface area contributed by atoms with Gasteiger partial charge in [-0.2, -0.15) is 0 Å². The van der Waals surface area contributed by atoms with E-state index in [9.17, 15) is 4.79 Å². The molecule has 1 N–H and O–H groups in total. The molecule has 0 heterocycles. The first-order valence-corrected chi connectivity index (χ1v) is 3.70. The minimum absolute atomic E-state index is 0. The number of carbonyl (C=O) groups excluding carboxylic acids is 1. The molecule has 1 aromatic carbocycles. The third-order valence-corrected chi connectivity index (χ3v) is 1.77. The Bertz CT molecular complexity index is 319. The molecule has 0 aliphatic heterocycles. The summed E-state index contributed by atoms with van der Waals surface area (Å²) in [4.78, 5) is 11.4. The predicted octanol–water partition coefficient (Wildman–Crippen LogP) is -1.42. The SMILES string of the molecule is COC(=O)c1ccc(S)c(O)c1.[H-].[Na+]. The number of thiol groups is 1. The number of rotatable bonds is 1. The van der Waals surface area contributed by atoms with Crippen LogP contribution in [0, 0.1) is 0 Å². The fourth-order valence-corrected chi connectivity index (χ4v) is 0.907. The topological polar surface area (TPSA) is 46.5 Å². The standard InChI is InChI=1S/C8H8O3S.Na.H/c1-11-8(10)5-2-3-7(12)6(9)4-5;;/h2-4,9,12H,1H3;;/q;+1;-1. The number of esters is 1. The van der Waals surface area contributed by atoms with Crippen molar-refractivity contribution in [1.82, 2.24) is 0 Å². The molecule has 0 unspecified atom stereocenters. The average Bonchev–Trinajstić information content (AvgIpc) is 2.08. The Balaban J connectivity index is 0. The van der Waals surface area contributed by atoms with Gasteiger partial charge in [-0.3, -0.25) is 0 Å². The maximum absolute atomic E-state index is 10.9. The molecule has 5 heteroatoms. The van der Waals surface area contributed by atoms with Gasteiger partial charge in [-0.1, -0.05) is 0 Å². The second-order valence-electron chi connectivity index (χ2n) is 2.20. The molecule has 1 rings (SSSR count). The fourth-order valence-electron chi connectivity index (χ4n) is 0.768. The molecule has 1 aromatic rings. The number of benzene rings is 1. The number of aromatic hydroxyl groups is 1. The van der Waals surface area contributed by atoms with Gasteiger partial charge in [-0.05, 0) is 18.2 Å². The number of ether oxygens (including phenoxy) is 1. The predicted molar refractivity (Wildman–Crippen MR) is 47.8 cm³/mol. The molecular formula is C8H9NaO3S. The Morgan fingerprint density at radius 2 is 2.23 bits per heavy atom. The molecule has 0 aliphatic rings. The van der Waals surface area contributed by atoms with E-state index in [1.165, 1.54) is 25.3 Å². The monoisotopic (exact) mass is 208 g/mol. The Morgan fingerprint density at radius 1 is 1.62 bits per heavy atom. The third kappa shape index (κ3) is 3.23. The normalized spacial score (nSPS) is 8.77. The zero-order valence-corrected chi connectivity index (χ0v) is 10.3. The van der Waals surface area contributed by atoms with Gasteiger partial charge >= 0.3 is 35.5 Å². The maximum Gasteiger partial charge on any atom is 1.00 e. The molecule has 0 amide bonds. The maximum atomic E-state index is 10.9. The van der Waals surface area contributed by atoms with Crippen LogP contribution in [0.4, 0.5) is 0 Å². The molecule has 13 heavy (non-hydrogen) atoms. The van der Waals surface area contributed by atoms with Crippen LogP contribution in [-0.2, 0) is 4.74 Å². The van der Waals surface area contributed by atoms with Gasteiger partial charge in [0.15, 0.2) is 0 Å². The molecule has 0 aromatic heterocycles. The van der Waals surface area contributed by atoms with Crippen molar-refractivity contribution < 1.29 is 45.6 Å².